The Balaban J connectivity index is 1.27. The topological polar surface area (TPSA) is 114 Å². The SMILES string of the molecule is O=C(Cc1ccc(Cl)cc1)NNC(=O)C1CCN(S(=O)(=O)c2ccc3c(c2)OCCO3)CC1. The number of nitrogens with zero attached hydrogens (tertiary/aromatic N) is 1. The van der Waals surface area contributed by atoms with Crippen molar-refractivity contribution >= 4 is 33.4 Å². The Morgan fingerprint density at radius 1 is 0.970 bits per heavy atom. The minimum absolute atomic E-state index is 0.101. The van der Waals surface area contributed by atoms with Crippen molar-refractivity contribution < 1.29 is 27.5 Å². The fourth-order valence-electron chi connectivity index (χ4n) is 3.76. The van der Waals surface area contributed by atoms with Gasteiger partial charge < -0.3 is 9.47 Å². The third kappa shape index (κ3) is 5.58. The van der Waals surface area contributed by atoms with Gasteiger partial charge in [0.05, 0.1) is 11.3 Å². The van der Waals surface area contributed by atoms with E-state index in [1.54, 1.807) is 30.3 Å². The molecule has 176 valence electrons. The highest BCUT2D eigenvalue weighted by atomic mass is 35.5. The summed E-state index contributed by atoms with van der Waals surface area (Å²) in [5.41, 5.74) is 5.62. The van der Waals surface area contributed by atoms with Crippen molar-refractivity contribution in [3.63, 3.8) is 0 Å². The average molecular weight is 494 g/mol. The zero-order valence-corrected chi connectivity index (χ0v) is 19.3. The molecule has 2 aromatic carbocycles. The average Bonchev–Trinajstić information content (AvgIpc) is 2.83. The minimum atomic E-state index is -3.72. The van der Waals surface area contributed by atoms with Crippen LogP contribution in [-0.4, -0.2) is 50.8 Å². The number of amides is 2. The lowest BCUT2D eigenvalue weighted by Crippen LogP contribution is -2.48. The van der Waals surface area contributed by atoms with Gasteiger partial charge in [-0.15, -0.1) is 0 Å². The summed E-state index contributed by atoms with van der Waals surface area (Å²) in [4.78, 5) is 24.6. The molecule has 0 aliphatic carbocycles. The molecule has 2 N–H and O–H groups in total. The molecule has 2 aromatic rings. The molecule has 2 aliphatic rings. The van der Waals surface area contributed by atoms with E-state index in [1.807, 2.05) is 0 Å². The van der Waals surface area contributed by atoms with Gasteiger partial charge in [0.25, 0.3) is 0 Å². The fourth-order valence-corrected chi connectivity index (χ4v) is 5.37. The van der Waals surface area contributed by atoms with Crippen LogP contribution in [0.3, 0.4) is 0 Å². The van der Waals surface area contributed by atoms with Crippen LogP contribution < -0.4 is 20.3 Å². The van der Waals surface area contributed by atoms with Gasteiger partial charge in [-0.1, -0.05) is 23.7 Å². The number of halogens is 1. The monoisotopic (exact) mass is 493 g/mol. The van der Waals surface area contributed by atoms with Crippen molar-refractivity contribution in [2.75, 3.05) is 26.3 Å². The zero-order chi connectivity index (χ0) is 23.4. The number of hydrogen-bond donors (Lipinski definition) is 2. The molecule has 0 spiro atoms. The van der Waals surface area contributed by atoms with E-state index in [9.17, 15) is 18.0 Å². The first-order valence-corrected chi connectivity index (χ1v) is 12.4. The molecule has 2 amide bonds. The molecule has 1 saturated heterocycles. The van der Waals surface area contributed by atoms with Crippen LogP contribution in [0.1, 0.15) is 18.4 Å². The van der Waals surface area contributed by atoms with Gasteiger partial charge in [-0.2, -0.15) is 4.31 Å². The normalized spacial score (nSPS) is 16.8. The largest absolute Gasteiger partial charge is 0.486 e. The van der Waals surface area contributed by atoms with E-state index in [0.29, 0.717) is 42.6 Å². The van der Waals surface area contributed by atoms with Gasteiger partial charge in [-0.05, 0) is 42.7 Å². The van der Waals surface area contributed by atoms with Crippen molar-refractivity contribution in [1.29, 1.82) is 0 Å². The zero-order valence-electron chi connectivity index (χ0n) is 17.8. The summed E-state index contributed by atoms with van der Waals surface area (Å²) >= 11 is 5.83. The predicted octanol–water partition coefficient (Wildman–Crippen LogP) is 1.90. The molecule has 1 fully saturated rings. The standard InChI is InChI=1S/C22H24ClN3O6S/c23-17-3-1-15(2-4-17)13-21(27)24-25-22(28)16-7-9-26(10-8-16)33(29,30)18-5-6-19-20(14-18)32-12-11-31-19/h1-6,14,16H,7-13H2,(H,24,27)(H,25,28). The van der Waals surface area contributed by atoms with E-state index in [1.165, 1.54) is 16.4 Å². The van der Waals surface area contributed by atoms with E-state index >= 15 is 0 Å². The summed E-state index contributed by atoms with van der Waals surface area (Å²) in [6.45, 7) is 1.20. The Hall–Kier alpha value is -2.82. The van der Waals surface area contributed by atoms with Gasteiger partial charge >= 0.3 is 0 Å². The van der Waals surface area contributed by atoms with E-state index in [-0.39, 0.29) is 36.2 Å². The highest BCUT2D eigenvalue weighted by molar-refractivity contribution is 7.89. The lowest BCUT2D eigenvalue weighted by atomic mass is 9.98. The van der Waals surface area contributed by atoms with Crippen LogP contribution >= 0.6 is 11.6 Å². The van der Waals surface area contributed by atoms with Crippen LogP contribution in [0.5, 0.6) is 11.5 Å². The highest BCUT2D eigenvalue weighted by Gasteiger charge is 2.33. The van der Waals surface area contributed by atoms with Crippen LogP contribution in [-0.2, 0) is 26.0 Å². The van der Waals surface area contributed by atoms with Gasteiger partial charge in [-0.25, -0.2) is 8.42 Å². The molecule has 0 radical (unpaired) electrons. The van der Waals surface area contributed by atoms with Crippen LogP contribution in [0, 0.1) is 5.92 Å². The number of nitrogens with one attached hydrogen (secondary N) is 2. The Morgan fingerprint density at radius 2 is 1.64 bits per heavy atom. The molecular weight excluding hydrogens is 470 g/mol. The Kier molecular flexibility index (Phi) is 7.06. The molecule has 2 aliphatic heterocycles. The third-order valence-electron chi connectivity index (χ3n) is 5.58. The van der Waals surface area contributed by atoms with Gasteiger partial charge in [0.1, 0.15) is 13.2 Å². The second-order valence-electron chi connectivity index (χ2n) is 7.82. The molecule has 9 nitrogen and oxygen atoms in total. The summed E-state index contributed by atoms with van der Waals surface area (Å²) in [6, 6.07) is 11.4. The molecule has 0 atom stereocenters. The number of rotatable bonds is 5. The number of ether oxygens (including phenoxy) is 2. The van der Waals surface area contributed by atoms with Gasteiger partial charge in [-0.3, -0.25) is 20.4 Å². The molecule has 0 unspecified atom stereocenters. The number of hydrazine groups is 1. The van der Waals surface area contributed by atoms with E-state index < -0.39 is 15.9 Å². The summed E-state index contributed by atoms with van der Waals surface area (Å²) < 4.78 is 38.3. The smallest absolute Gasteiger partial charge is 0.243 e. The first-order valence-electron chi connectivity index (χ1n) is 10.6. The van der Waals surface area contributed by atoms with E-state index in [0.717, 1.165) is 5.56 Å². The molecule has 2 heterocycles. The molecular formula is C22H24ClN3O6S. The van der Waals surface area contributed by atoms with Crippen molar-refractivity contribution in [3.8, 4) is 11.5 Å². The summed E-state index contributed by atoms with van der Waals surface area (Å²) in [7, 11) is -3.72. The maximum absolute atomic E-state index is 13.0. The number of benzene rings is 2. The fraction of sp³-hybridized carbons (Fsp3) is 0.364. The quantitative estimate of drug-likeness (QED) is 0.615. The minimum Gasteiger partial charge on any atom is -0.486 e. The maximum Gasteiger partial charge on any atom is 0.243 e. The first-order chi connectivity index (χ1) is 15.8. The summed E-state index contributed by atoms with van der Waals surface area (Å²) in [5.74, 6) is -0.160. The van der Waals surface area contributed by atoms with Crippen LogP contribution in [0.15, 0.2) is 47.4 Å². The third-order valence-corrected chi connectivity index (χ3v) is 7.73. The van der Waals surface area contributed by atoms with E-state index in [4.69, 9.17) is 21.1 Å². The number of hydrogen-bond acceptors (Lipinski definition) is 6. The highest BCUT2D eigenvalue weighted by Crippen LogP contribution is 2.34. The van der Waals surface area contributed by atoms with Gasteiger partial charge in [0, 0.05) is 30.1 Å². The van der Waals surface area contributed by atoms with Crippen LogP contribution in [0.25, 0.3) is 0 Å². The Morgan fingerprint density at radius 3 is 2.33 bits per heavy atom. The molecule has 4 rings (SSSR count). The number of carbonyl (C=O) groups excluding carboxylic acids is 2. The molecule has 33 heavy (non-hydrogen) atoms. The van der Waals surface area contributed by atoms with Gasteiger partial charge in [0.15, 0.2) is 11.5 Å². The number of carbonyl (C=O) groups is 2. The predicted molar refractivity (Wildman–Crippen MR) is 120 cm³/mol. The van der Waals surface area contributed by atoms with Crippen LogP contribution in [0.2, 0.25) is 5.02 Å². The van der Waals surface area contributed by atoms with Crippen molar-refractivity contribution in [2.24, 2.45) is 5.92 Å². The van der Waals surface area contributed by atoms with Gasteiger partial charge in [0.2, 0.25) is 21.8 Å². The molecule has 11 heteroatoms. The summed E-state index contributed by atoms with van der Waals surface area (Å²) in [5, 5.41) is 0.579. The lowest BCUT2D eigenvalue weighted by molar-refractivity contribution is -0.131. The number of fused-ring (bicyclic) bond motifs is 1. The Labute approximate surface area is 197 Å². The lowest BCUT2D eigenvalue weighted by Gasteiger charge is -2.30. The van der Waals surface area contributed by atoms with Crippen LogP contribution in [0.4, 0.5) is 0 Å². The Bertz CT molecular complexity index is 1130. The second kappa shape index (κ2) is 9.98. The molecule has 0 saturated carbocycles. The molecule has 0 aromatic heterocycles. The summed E-state index contributed by atoms with van der Waals surface area (Å²) in [6.07, 6.45) is 0.801. The maximum atomic E-state index is 13.0. The first kappa shape index (κ1) is 23.3. The molecule has 0 bridgehead atoms. The number of sulfonamides is 1. The van der Waals surface area contributed by atoms with Crippen molar-refractivity contribution in [3.05, 3.63) is 53.1 Å². The van der Waals surface area contributed by atoms with Crippen molar-refractivity contribution in [1.82, 2.24) is 15.2 Å². The second-order valence-corrected chi connectivity index (χ2v) is 10.2. The van der Waals surface area contributed by atoms with Crippen molar-refractivity contribution in [2.45, 2.75) is 24.2 Å². The van der Waals surface area contributed by atoms with E-state index in [2.05, 4.69) is 10.9 Å². The number of piperidine rings is 1.